The van der Waals surface area contributed by atoms with E-state index in [1.807, 2.05) is 6.92 Å². The molecule has 0 spiro atoms. The molecule has 2 nitrogen and oxygen atoms in total. The molecule has 0 aromatic rings. The normalized spacial score (nSPS) is 47.0. The average Bonchev–Trinajstić information content (AvgIpc) is 2.28. The molecular formula is C10H16O2. The number of rotatable bonds is 0. The van der Waals surface area contributed by atoms with E-state index in [0.29, 0.717) is 5.92 Å². The van der Waals surface area contributed by atoms with Crippen molar-refractivity contribution in [2.45, 2.75) is 39.2 Å². The summed E-state index contributed by atoms with van der Waals surface area (Å²) in [6.07, 6.45) is 3.78. The van der Waals surface area contributed by atoms with Crippen LogP contribution in [0.15, 0.2) is 0 Å². The van der Waals surface area contributed by atoms with Crippen LogP contribution in [0.5, 0.6) is 0 Å². The van der Waals surface area contributed by atoms with Crippen LogP contribution in [0.1, 0.15) is 33.1 Å². The first-order chi connectivity index (χ1) is 5.68. The monoisotopic (exact) mass is 168 g/mol. The standard InChI is InChI=1S/C10H16O2/c1-6-3-4-8-7(2)10(11)12-9(8)5-6/h6-9H,3-5H2,1-2H3/t6?,7-,8-,9+/m0/s1. The Morgan fingerprint density at radius 3 is 2.83 bits per heavy atom. The molecule has 0 amide bonds. The molecule has 0 bridgehead atoms. The zero-order valence-electron chi connectivity index (χ0n) is 7.75. The molecule has 2 rings (SSSR count). The first kappa shape index (κ1) is 8.09. The molecule has 1 aliphatic carbocycles. The van der Waals surface area contributed by atoms with Crippen LogP contribution in [0.25, 0.3) is 0 Å². The number of carbonyl (C=O) groups excluding carboxylic acids is 1. The molecular weight excluding hydrogens is 152 g/mol. The summed E-state index contributed by atoms with van der Waals surface area (Å²) in [4.78, 5) is 11.2. The van der Waals surface area contributed by atoms with Crippen LogP contribution in [0.4, 0.5) is 0 Å². The van der Waals surface area contributed by atoms with E-state index in [1.165, 1.54) is 12.8 Å². The molecule has 2 aliphatic rings. The van der Waals surface area contributed by atoms with Crippen LogP contribution in [0.3, 0.4) is 0 Å². The predicted octanol–water partition coefficient (Wildman–Crippen LogP) is 1.98. The first-order valence-corrected chi connectivity index (χ1v) is 4.89. The van der Waals surface area contributed by atoms with Crippen molar-refractivity contribution in [1.29, 1.82) is 0 Å². The van der Waals surface area contributed by atoms with Gasteiger partial charge in [-0.15, -0.1) is 0 Å². The third-order valence-corrected chi connectivity index (χ3v) is 3.39. The van der Waals surface area contributed by atoms with E-state index in [-0.39, 0.29) is 18.0 Å². The van der Waals surface area contributed by atoms with Crippen molar-refractivity contribution < 1.29 is 9.53 Å². The molecule has 0 aromatic heterocycles. The van der Waals surface area contributed by atoms with Gasteiger partial charge in [0, 0.05) is 5.92 Å². The molecule has 0 radical (unpaired) electrons. The van der Waals surface area contributed by atoms with Crippen molar-refractivity contribution in [3.8, 4) is 0 Å². The van der Waals surface area contributed by atoms with Gasteiger partial charge in [0.05, 0.1) is 5.92 Å². The highest BCUT2D eigenvalue weighted by Gasteiger charge is 2.43. The second-order valence-electron chi connectivity index (χ2n) is 4.35. The highest BCUT2D eigenvalue weighted by atomic mass is 16.6. The third-order valence-electron chi connectivity index (χ3n) is 3.39. The smallest absolute Gasteiger partial charge is 0.309 e. The second-order valence-corrected chi connectivity index (χ2v) is 4.35. The summed E-state index contributed by atoms with van der Waals surface area (Å²) in [7, 11) is 0. The topological polar surface area (TPSA) is 26.3 Å². The number of carbonyl (C=O) groups is 1. The van der Waals surface area contributed by atoms with Crippen LogP contribution in [0.2, 0.25) is 0 Å². The van der Waals surface area contributed by atoms with E-state index in [2.05, 4.69) is 6.92 Å². The summed E-state index contributed by atoms with van der Waals surface area (Å²) in [5.74, 6) is 1.44. The van der Waals surface area contributed by atoms with Gasteiger partial charge < -0.3 is 4.74 Å². The summed E-state index contributed by atoms with van der Waals surface area (Å²) in [5.41, 5.74) is 0. The van der Waals surface area contributed by atoms with Gasteiger partial charge >= 0.3 is 5.97 Å². The van der Waals surface area contributed by atoms with Crippen molar-refractivity contribution in [3.05, 3.63) is 0 Å². The lowest BCUT2D eigenvalue weighted by Gasteiger charge is -2.28. The molecule has 1 heterocycles. The van der Waals surface area contributed by atoms with Crippen molar-refractivity contribution in [2.75, 3.05) is 0 Å². The van der Waals surface area contributed by atoms with E-state index in [9.17, 15) is 4.79 Å². The fourth-order valence-corrected chi connectivity index (χ4v) is 2.49. The van der Waals surface area contributed by atoms with Crippen LogP contribution < -0.4 is 0 Å². The molecule has 68 valence electrons. The first-order valence-electron chi connectivity index (χ1n) is 4.89. The Morgan fingerprint density at radius 1 is 1.33 bits per heavy atom. The summed E-state index contributed by atoms with van der Waals surface area (Å²) in [5, 5.41) is 0. The van der Waals surface area contributed by atoms with Crippen molar-refractivity contribution >= 4 is 5.97 Å². The van der Waals surface area contributed by atoms with E-state index in [4.69, 9.17) is 4.74 Å². The minimum atomic E-state index is 0.0269. The van der Waals surface area contributed by atoms with Crippen LogP contribution in [-0.4, -0.2) is 12.1 Å². The Labute approximate surface area is 73.3 Å². The Kier molecular flexibility index (Phi) is 1.85. The molecule has 1 unspecified atom stereocenters. The van der Waals surface area contributed by atoms with Crippen molar-refractivity contribution in [2.24, 2.45) is 17.8 Å². The summed E-state index contributed by atoms with van der Waals surface area (Å²) in [6.45, 7) is 4.25. The van der Waals surface area contributed by atoms with Gasteiger partial charge in [-0.2, -0.15) is 0 Å². The van der Waals surface area contributed by atoms with E-state index >= 15 is 0 Å². The summed E-state index contributed by atoms with van der Waals surface area (Å²) < 4.78 is 5.31. The van der Waals surface area contributed by atoms with Gasteiger partial charge in [-0.3, -0.25) is 4.79 Å². The van der Waals surface area contributed by atoms with Gasteiger partial charge in [0.2, 0.25) is 0 Å². The fraction of sp³-hybridized carbons (Fsp3) is 0.900. The van der Waals surface area contributed by atoms with Gasteiger partial charge in [-0.1, -0.05) is 20.3 Å². The minimum Gasteiger partial charge on any atom is -0.462 e. The lowest BCUT2D eigenvalue weighted by molar-refractivity contribution is -0.144. The predicted molar refractivity (Wildman–Crippen MR) is 45.5 cm³/mol. The number of hydrogen-bond donors (Lipinski definition) is 0. The number of esters is 1. The SMILES string of the molecule is CC1CC[C@H]2[C@H](C)C(=O)O[C@@H]2C1. The Balaban J connectivity index is 2.09. The number of fused-ring (bicyclic) bond motifs is 1. The Hall–Kier alpha value is -0.530. The molecule has 1 aliphatic heterocycles. The van der Waals surface area contributed by atoms with Crippen LogP contribution in [0, 0.1) is 17.8 Å². The molecule has 12 heavy (non-hydrogen) atoms. The largest absolute Gasteiger partial charge is 0.462 e. The van der Waals surface area contributed by atoms with Gasteiger partial charge in [0.25, 0.3) is 0 Å². The Bertz CT molecular complexity index is 200. The maximum absolute atomic E-state index is 11.2. The third kappa shape index (κ3) is 1.13. The molecule has 2 fully saturated rings. The zero-order chi connectivity index (χ0) is 8.72. The molecule has 1 saturated heterocycles. The minimum absolute atomic E-state index is 0.0269. The van der Waals surface area contributed by atoms with Gasteiger partial charge in [-0.05, 0) is 18.8 Å². The lowest BCUT2D eigenvalue weighted by Crippen LogP contribution is -2.27. The van der Waals surface area contributed by atoms with E-state index < -0.39 is 0 Å². The average molecular weight is 168 g/mol. The van der Waals surface area contributed by atoms with E-state index in [0.717, 1.165) is 12.3 Å². The van der Waals surface area contributed by atoms with Crippen molar-refractivity contribution in [1.82, 2.24) is 0 Å². The highest BCUT2D eigenvalue weighted by Crippen LogP contribution is 2.40. The number of hydrogen-bond acceptors (Lipinski definition) is 2. The number of ether oxygens (including phenoxy) is 1. The maximum atomic E-state index is 11.2. The highest BCUT2D eigenvalue weighted by molar-refractivity contribution is 5.74. The van der Waals surface area contributed by atoms with Gasteiger partial charge in [-0.25, -0.2) is 0 Å². The van der Waals surface area contributed by atoms with E-state index in [1.54, 1.807) is 0 Å². The molecule has 4 atom stereocenters. The van der Waals surface area contributed by atoms with Gasteiger partial charge in [0.1, 0.15) is 6.10 Å². The second kappa shape index (κ2) is 2.75. The molecule has 0 aromatic carbocycles. The maximum Gasteiger partial charge on any atom is 0.309 e. The molecule has 1 saturated carbocycles. The van der Waals surface area contributed by atoms with Gasteiger partial charge in [0.15, 0.2) is 0 Å². The van der Waals surface area contributed by atoms with Crippen molar-refractivity contribution in [3.63, 3.8) is 0 Å². The fourth-order valence-electron chi connectivity index (χ4n) is 2.49. The zero-order valence-corrected chi connectivity index (χ0v) is 7.75. The van der Waals surface area contributed by atoms with Crippen LogP contribution in [-0.2, 0) is 9.53 Å². The summed E-state index contributed by atoms with van der Waals surface area (Å²) in [6, 6.07) is 0. The van der Waals surface area contributed by atoms with Crippen LogP contribution >= 0.6 is 0 Å². The summed E-state index contributed by atoms with van der Waals surface area (Å²) >= 11 is 0. The Morgan fingerprint density at radius 2 is 2.08 bits per heavy atom. The molecule has 2 heteroatoms. The lowest BCUT2D eigenvalue weighted by atomic mass is 9.77. The quantitative estimate of drug-likeness (QED) is 0.517. The molecule has 0 N–H and O–H groups in total.